The summed E-state index contributed by atoms with van der Waals surface area (Å²) in [6, 6.07) is 0. The number of nitrogens with two attached hydrogens (primary N) is 2. The molecule has 0 aromatic heterocycles. The largest absolute Gasteiger partial charge is 0.386 e. The third-order valence-electron chi connectivity index (χ3n) is 1.39. The van der Waals surface area contributed by atoms with Crippen molar-refractivity contribution >= 4 is 17.6 Å². The Kier molecular flexibility index (Phi) is 2.39. The van der Waals surface area contributed by atoms with E-state index in [2.05, 4.69) is 4.99 Å². The van der Waals surface area contributed by atoms with E-state index in [1.807, 2.05) is 0 Å². The van der Waals surface area contributed by atoms with Crippen LogP contribution in [0.15, 0.2) is 4.99 Å². The van der Waals surface area contributed by atoms with E-state index in [4.69, 9.17) is 11.5 Å². The van der Waals surface area contributed by atoms with Crippen LogP contribution >= 0.6 is 0 Å². The Morgan fingerprint density at radius 1 is 1.58 bits per heavy atom. The Balaban J connectivity index is 2.55. The van der Waals surface area contributed by atoms with Gasteiger partial charge in [-0.25, -0.2) is 0 Å². The molecule has 0 radical (unpaired) electrons. The highest BCUT2D eigenvalue weighted by Crippen LogP contribution is 1.95. The molecule has 0 aromatic rings. The second kappa shape index (κ2) is 3.31. The van der Waals surface area contributed by atoms with Crippen LogP contribution in [0.3, 0.4) is 0 Å². The van der Waals surface area contributed by atoms with Gasteiger partial charge in [0.25, 0.3) is 5.91 Å². The monoisotopic (exact) mass is 170 g/mol. The van der Waals surface area contributed by atoms with E-state index in [1.165, 1.54) is 0 Å². The number of carbonyl (C=O) groups is 2. The van der Waals surface area contributed by atoms with Gasteiger partial charge in [0.1, 0.15) is 5.84 Å². The van der Waals surface area contributed by atoms with Crippen LogP contribution in [0.4, 0.5) is 0 Å². The minimum Gasteiger partial charge on any atom is -0.386 e. The molecule has 1 aliphatic heterocycles. The predicted molar refractivity (Wildman–Crippen MR) is 42.3 cm³/mol. The molecule has 0 saturated heterocycles. The first kappa shape index (κ1) is 8.66. The average Bonchev–Trinajstić information content (AvgIpc) is 1.81. The summed E-state index contributed by atoms with van der Waals surface area (Å²) in [4.78, 5) is 26.3. The van der Waals surface area contributed by atoms with Crippen molar-refractivity contribution in [1.82, 2.24) is 4.90 Å². The lowest BCUT2D eigenvalue weighted by molar-refractivity contribution is -0.121. The zero-order valence-corrected chi connectivity index (χ0v) is 6.49. The van der Waals surface area contributed by atoms with Crippen molar-refractivity contribution in [1.29, 1.82) is 0 Å². The molecule has 0 fully saturated rings. The normalized spacial score (nSPS) is 19.0. The van der Waals surface area contributed by atoms with Gasteiger partial charge < -0.3 is 11.5 Å². The Hall–Kier alpha value is -1.43. The molecule has 12 heavy (non-hydrogen) atoms. The highest BCUT2D eigenvalue weighted by Gasteiger charge is 2.18. The van der Waals surface area contributed by atoms with Gasteiger partial charge in [0, 0.05) is 0 Å². The molecule has 66 valence electrons. The number of aliphatic imine (C=N–C) groups is 1. The summed E-state index contributed by atoms with van der Waals surface area (Å²) < 4.78 is 0. The van der Waals surface area contributed by atoms with Crippen LogP contribution in [0.1, 0.15) is 0 Å². The van der Waals surface area contributed by atoms with Crippen molar-refractivity contribution in [2.75, 3.05) is 19.6 Å². The number of amides is 2. The summed E-state index contributed by atoms with van der Waals surface area (Å²) in [5.41, 5.74) is 10.3. The van der Waals surface area contributed by atoms with E-state index in [9.17, 15) is 9.59 Å². The summed E-state index contributed by atoms with van der Waals surface area (Å²) in [7, 11) is 0. The number of hydrogen-bond acceptors (Lipinski definition) is 4. The predicted octanol–water partition coefficient (Wildman–Crippen LogP) is -2.33. The molecule has 1 aliphatic rings. The number of amidine groups is 1. The van der Waals surface area contributed by atoms with Crippen LogP contribution in [0.25, 0.3) is 0 Å². The number of rotatable bonds is 2. The summed E-state index contributed by atoms with van der Waals surface area (Å²) in [5, 5.41) is 0. The average molecular weight is 170 g/mol. The van der Waals surface area contributed by atoms with Gasteiger partial charge in [-0.05, 0) is 0 Å². The maximum atomic E-state index is 10.8. The molecule has 0 aromatic carbocycles. The maximum Gasteiger partial charge on any atom is 0.261 e. The lowest BCUT2D eigenvalue weighted by atomic mass is 10.3. The second-order valence-corrected chi connectivity index (χ2v) is 2.61. The van der Waals surface area contributed by atoms with Gasteiger partial charge in [-0.1, -0.05) is 0 Å². The van der Waals surface area contributed by atoms with E-state index in [1.54, 1.807) is 4.90 Å². The topological polar surface area (TPSA) is 102 Å². The van der Waals surface area contributed by atoms with E-state index in [-0.39, 0.29) is 24.8 Å². The molecule has 1 rings (SSSR count). The van der Waals surface area contributed by atoms with E-state index in [0.29, 0.717) is 6.54 Å². The summed E-state index contributed by atoms with van der Waals surface area (Å²) >= 11 is 0. The fourth-order valence-electron chi connectivity index (χ4n) is 1.04. The number of primary amides is 1. The SMILES string of the molecule is NC(=O)CN1CC(=O)N=C(N)C1. The van der Waals surface area contributed by atoms with Gasteiger partial charge in [-0.3, -0.25) is 14.5 Å². The van der Waals surface area contributed by atoms with Crippen LogP contribution in [0.2, 0.25) is 0 Å². The van der Waals surface area contributed by atoms with Gasteiger partial charge in [0.05, 0.1) is 19.6 Å². The van der Waals surface area contributed by atoms with Crippen LogP contribution in [-0.4, -0.2) is 42.2 Å². The first-order chi connectivity index (χ1) is 5.58. The molecule has 2 amide bonds. The fourth-order valence-corrected chi connectivity index (χ4v) is 1.04. The molecule has 0 bridgehead atoms. The molecule has 0 atom stereocenters. The lowest BCUT2D eigenvalue weighted by Crippen LogP contribution is -2.45. The summed E-state index contributed by atoms with van der Waals surface area (Å²) in [6.45, 7) is 0.486. The van der Waals surface area contributed by atoms with Gasteiger partial charge in [-0.15, -0.1) is 0 Å². The highest BCUT2D eigenvalue weighted by molar-refractivity contribution is 5.98. The highest BCUT2D eigenvalue weighted by atomic mass is 16.2. The molecule has 0 unspecified atom stereocenters. The van der Waals surface area contributed by atoms with Crippen molar-refractivity contribution in [3.05, 3.63) is 0 Å². The van der Waals surface area contributed by atoms with Crippen LogP contribution in [-0.2, 0) is 9.59 Å². The van der Waals surface area contributed by atoms with E-state index >= 15 is 0 Å². The van der Waals surface area contributed by atoms with Crippen molar-refractivity contribution in [3.63, 3.8) is 0 Å². The fraction of sp³-hybridized carbons (Fsp3) is 0.500. The van der Waals surface area contributed by atoms with Crippen molar-refractivity contribution in [2.45, 2.75) is 0 Å². The molecule has 0 aliphatic carbocycles. The maximum absolute atomic E-state index is 10.8. The van der Waals surface area contributed by atoms with Gasteiger partial charge in [-0.2, -0.15) is 4.99 Å². The molecular weight excluding hydrogens is 160 g/mol. The Labute approximate surface area is 69.2 Å². The molecule has 0 spiro atoms. The number of hydrogen-bond donors (Lipinski definition) is 2. The third kappa shape index (κ3) is 2.31. The first-order valence-corrected chi connectivity index (χ1v) is 3.44. The van der Waals surface area contributed by atoms with Gasteiger partial charge in [0.2, 0.25) is 5.91 Å². The summed E-state index contributed by atoms with van der Waals surface area (Å²) in [5.74, 6) is -0.579. The van der Waals surface area contributed by atoms with Crippen molar-refractivity contribution < 1.29 is 9.59 Å². The second-order valence-electron chi connectivity index (χ2n) is 2.61. The zero-order valence-electron chi connectivity index (χ0n) is 6.49. The number of nitrogens with zero attached hydrogens (tertiary/aromatic N) is 2. The molecule has 6 heteroatoms. The quantitative estimate of drug-likeness (QED) is 0.485. The van der Waals surface area contributed by atoms with Crippen LogP contribution in [0.5, 0.6) is 0 Å². The van der Waals surface area contributed by atoms with Crippen molar-refractivity contribution in [2.24, 2.45) is 16.5 Å². The summed E-state index contributed by atoms with van der Waals surface area (Å²) in [6.07, 6.45) is 0. The zero-order chi connectivity index (χ0) is 9.14. The Bertz CT molecular complexity index is 248. The van der Waals surface area contributed by atoms with Crippen LogP contribution in [0, 0.1) is 0 Å². The molecular formula is C6H10N4O2. The van der Waals surface area contributed by atoms with Crippen molar-refractivity contribution in [3.8, 4) is 0 Å². The third-order valence-corrected chi connectivity index (χ3v) is 1.39. The molecule has 4 N–H and O–H groups in total. The minimum absolute atomic E-state index is 0.0436. The Morgan fingerprint density at radius 3 is 2.75 bits per heavy atom. The van der Waals surface area contributed by atoms with Gasteiger partial charge >= 0.3 is 0 Å². The van der Waals surface area contributed by atoms with E-state index < -0.39 is 5.91 Å². The molecule has 1 heterocycles. The van der Waals surface area contributed by atoms with Gasteiger partial charge in [0.15, 0.2) is 0 Å². The minimum atomic E-state index is -0.475. The first-order valence-electron chi connectivity index (χ1n) is 3.44. The van der Waals surface area contributed by atoms with Crippen LogP contribution < -0.4 is 11.5 Å². The Morgan fingerprint density at radius 2 is 2.25 bits per heavy atom. The molecule has 6 nitrogen and oxygen atoms in total. The lowest BCUT2D eigenvalue weighted by Gasteiger charge is -2.21. The standard InChI is InChI=1S/C6H10N4O2/c7-4-1-10(2-5(8)11)3-6(12)9-4/h1-3H2,(H2,8,11)(H2,7,9,12). The number of carbonyl (C=O) groups excluding carboxylic acids is 2. The molecule has 0 saturated carbocycles. The van der Waals surface area contributed by atoms with E-state index in [0.717, 1.165) is 0 Å². The smallest absolute Gasteiger partial charge is 0.261 e.